The smallest absolute Gasteiger partial charge is 0.0963 e. The fourth-order valence-electron chi connectivity index (χ4n) is 1.52. The lowest BCUT2D eigenvalue weighted by Crippen LogP contribution is -1.90. The van der Waals surface area contributed by atoms with Crippen molar-refractivity contribution in [2.75, 3.05) is 0 Å². The lowest BCUT2D eigenvalue weighted by molar-refractivity contribution is 0.870. The van der Waals surface area contributed by atoms with Crippen LogP contribution in [0.4, 0.5) is 0 Å². The third-order valence-corrected chi connectivity index (χ3v) is 2.02. The van der Waals surface area contributed by atoms with Gasteiger partial charge in [-0.1, -0.05) is 17.2 Å². The maximum absolute atomic E-state index is 3.97. The molecule has 2 aromatic rings. The summed E-state index contributed by atoms with van der Waals surface area (Å²) in [4.78, 5) is 0. The Kier molecular flexibility index (Phi) is 2.23. The van der Waals surface area contributed by atoms with E-state index in [0.29, 0.717) is 0 Å². The molecule has 1 heterocycles. The Bertz CT molecular complexity index is 417. The van der Waals surface area contributed by atoms with Crippen molar-refractivity contribution in [3.8, 4) is 11.3 Å². The van der Waals surface area contributed by atoms with Crippen molar-refractivity contribution < 1.29 is 0 Å². The molecule has 0 unspecified atom stereocenters. The summed E-state index contributed by atoms with van der Waals surface area (Å²) in [5.41, 5.74) is 4.43. The number of aromatic nitrogens is 3. The van der Waals surface area contributed by atoms with E-state index in [0.717, 1.165) is 11.3 Å². The molecule has 3 heteroatoms. The van der Waals surface area contributed by atoms with Crippen LogP contribution in [-0.4, -0.2) is 15.4 Å². The van der Waals surface area contributed by atoms with Gasteiger partial charge in [0.15, 0.2) is 0 Å². The van der Waals surface area contributed by atoms with Gasteiger partial charge in [-0.25, -0.2) is 0 Å². The molecular weight excluding hydrogens is 174 g/mol. The number of rotatable bonds is 1. The lowest BCUT2D eigenvalue weighted by atomic mass is 10.1. The second kappa shape index (κ2) is 3.54. The number of hydrogen-bond acceptors (Lipinski definition) is 3. The molecule has 3 nitrogen and oxygen atoms in total. The van der Waals surface area contributed by atoms with Crippen LogP contribution in [0, 0.1) is 13.8 Å². The molecule has 14 heavy (non-hydrogen) atoms. The molecule has 0 amide bonds. The molecular formula is C11H11N3. The Morgan fingerprint density at radius 2 is 1.71 bits per heavy atom. The molecule has 0 N–H and O–H groups in total. The first-order valence-corrected chi connectivity index (χ1v) is 4.49. The van der Waals surface area contributed by atoms with E-state index < -0.39 is 0 Å². The molecule has 0 saturated carbocycles. The fourth-order valence-corrected chi connectivity index (χ4v) is 1.52. The number of aryl methyl sites for hydroxylation is 2. The van der Waals surface area contributed by atoms with Crippen LogP contribution in [-0.2, 0) is 0 Å². The van der Waals surface area contributed by atoms with Gasteiger partial charge in [0.1, 0.15) is 0 Å². The zero-order chi connectivity index (χ0) is 9.97. The third-order valence-electron chi connectivity index (χ3n) is 2.02. The highest BCUT2D eigenvalue weighted by Gasteiger charge is 2.00. The first-order chi connectivity index (χ1) is 6.75. The van der Waals surface area contributed by atoms with Crippen molar-refractivity contribution in [1.82, 2.24) is 15.4 Å². The van der Waals surface area contributed by atoms with Gasteiger partial charge in [-0.05, 0) is 37.3 Å². The van der Waals surface area contributed by atoms with E-state index in [-0.39, 0.29) is 0 Å². The van der Waals surface area contributed by atoms with Gasteiger partial charge in [0.2, 0.25) is 0 Å². The zero-order valence-electron chi connectivity index (χ0n) is 8.23. The molecule has 0 radical (unpaired) electrons. The van der Waals surface area contributed by atoms with Gasteiger partial charge >= 0.3 is 0 Å². The average molecular weight is 185 g/mol. The van der Waals surface area contributed by atoms with E-state index in [1.54, 1.807) is 6.20 Å². The summed E-state index contributed by atoms with van der Waals surface area (Å²) in [5.74, 6) is 0. The van der Waals surface area contributed by atoms with Crippen LogP contribution in [0.3, 0.4) is 0 Å². The highest BCUT2D eigenvalue weighted by Crippen LogP contribution is 2.18. The summed E-state index contributed by atoms with van der Waals surface area (Å²) >= 11 is 0. The molecule has 0 aliphatic carbocycles. The van der Waals surface area contributed by atoms with Crippen molar-refractivity contribution in [3.05, 3.63) is 41.6 Å². The second-order valence-electron chi connectivity index (χ2n) is 3.38. The summed E-state index contributed by atoms with van der Waals surface area (Å²) in [5, 5.41) is 11.2. The van der Waals surface area contributed by atoms with E-state index in [9.17, 15) is 0 Å². The number of benzene rings is 1. The van der Waals surface area contributed by atoms with E-state index in [1.807, 2.05) is 6.07 Å². The van der Waals surface area contributed by atoms with E-state index in [4.69, 9.17) is 0 Å². The van der Waals surface area contributed by atoms with E-state index in [2.05, 4.69) is 47.5 Å². The second-order valence-corrected chi connectivity index (χ2v) is 3.38. The molecule has 1 aromatic carbocycles. The molecule has 0 atom stereocenters. The van der Waals surface area contributed by atoms with Gasteiger partial charge in [0.25, 0.3) is 0 Å². The first kappa shape index (κ1) is 8.81. The molecule has 0 fully saturated rings. The predicted octanol–water partition coefficient (Wildman–Crippen LogP) is 2.16. The highest BCUT2D eigenvalue weighted by molar-refractivity contribution is 5.60. The van der Waals surface area contributed by atoms with Gasteiger partial charge in [-0.3, -0.25) is 0 Å². The van der Waals surface area contributed by atoms with E-state index >= 15 is 0 Å². The van der Waals surface area contributed by atoms with Gasteiger partial charge < -0.3 is 0 Å². The van der Waals surface area contributed by atoms with Crippen molar-refractivity contribution >= 4 is 0 Å². The minimum absolute atomic E-state index is 0.867. The molecule has 0 aliphatic rings. The van der Waals surface area contributed by atoms with Crippen LogP contribution in [0.2, 0.25) is 0 Å². The van der Waals surface area contributed by atoms with Gasteiger partial charge in [-0.15, -0.1) is 10.2 Å². The molecule has 1 aromatic heterocycles. The van der Waals surface area contributed by atoms with Crippen molar-refractivity contribution in [2.45, 2.75) is 13.8 Å². The summed E-state index contributed by atoms with van der Waals surface area (Å²) in [7, 11) is 0. The molecule has 0 spiro atoms. The Morgan fingerprint density at radius 1 is 1.00 bits per heavy atom. The Morgan fingerprint density at radius 3 is 2.29 bits per heavy atom. The van der Waals surface area contributed by atoms with Crippen LogP contribution >= 0.6 is 0 Å². The minimum atomic E-state index is 0.867. The maximum atomic E-state index is 3.97. The third kappa shape index (κ3) is 1.76. The summed E-state index contributed by atoms with van der Waals surface area (Å²) in [6, 6.07) is 8.19. The average Bonchev–Trinajstić information content (AvgIpc) is 2.18. The SMILES string of the molecule is Cc1cc(C)cc(-c2ccnnn2)c1. The standard InChI is InChI=1S/C11H11N3/c1-8-5-9(2)7-10(6-8)11-3-4-12-14-13-11/h3-7H,1-2H3. The molecule has 0 bridgehead atoms. The summed E-state index contributed by atoms with van der Waals surface area (Å²) in [6.45, 7) is 4.15. The topological polar surface area (TPSA) is 38.7 Å². The monoisotopic (exact) mass is 185 g/mol. The minimum Gasteiger partial charge on any atom is -0.139 e. The quantitative estimate of drug-likeness (QED) is 0.683. The Balaban J connectivity index is 2.52. The van der Waals surface area contributed by atoms with E-state index in [1.165, 1.54) is 11.1 Å². The van der Waals surface area contributed by atoms with Crippen LogP contribution < -0.4 is 0 Å². The van der Waals surface area contributed by atoms with Crippen LogP contribution in [0.1, 0.15) is 11.1 Å². The molecule has 2 rings (SSSR count). The Labute approximate surface area is 82.8 Å². The molecule has 70 valence electrons. The fraction of sp³-hybridized carbons (Fsp3) is 0.182. The lowest BCUT2D eigenvalue weighted by Gasteiger charge is -2.02. The summed E-state index contributed by atoms with van der Waals surface area (Å²) in [6.07, 6.45) is 1.65. The maximum Gasteiger partial charge on any atom is 0.0963 e. The molecule has 0 aliphatic heterocycles. The van der Waals surface area contributed by atoms with Crippen LogP contribution in [0.5, 0.6) is 0 Å². The Hall–Kier alpha value is -1.77. The van der Waals surface area contributed by atoms with Gasteiger partial charge in [0, 0.05) is 5.56 Å². The number of hydrogen-bond donors (Lipinski definition) is 0. The molecule has 0 saturated heterocycles. The van der Waals surface area contributed by atoms with Crippen LogP contribution in [0.25, 0.3) is 11.3 Å². The van der Waals surface area contributed by atoms with Crippen LogP contribution in [0.15, 0.2) is 30.5 Å². The summed E-state index contributed by atoms with van der Waals surface area (Å²) < 4.78 is 0. The first-order valence-electron chi connectivity index (χ1n) is 4.49. The van der Waals surface area contributed by atoms with Crippen molar-refractivity contribution in [1.29, 1.82) is 0 Å². The normalized spacial score (nSPS) is 10.1. The highest BCUT2D eigenvalue weighted by atomic mass is 15.3. The van der Waals surface area contributed by atoms with Gasteiger partial charge in [0.05, 0.1) is 11.9 Å². The largest absolute Gasteiger partial charge is 0.139 e. The van der Waals surface area contributed by atoms with Crippen molar-refractivity contribution in [3.63, 3.8) is 0 Å². The number of nitrogens with zero attached hydrogens (tertiary/aromatic N) is 3. The van der Waals surface area contributed by atoms with Gasteiger partial charge in [-0.2, -0.15) is 0 Å². The zero-order valence-corrected chi connectivity index (χ0v) is 8.23. The predicted molar refractivity (Wildman–Crippen MR) is 54.7 cm³/mol. The van der Waals surface area contributed by atoms with Crippen molar-refractivity contribution in [2.24, 2.45) is 0 Å².